The summed E-state index contributed by atoms with van der Waals surface area (Å²) in [5, 5.41) is 0. The molecule has 0 N–H and O–H groups in total. The second-order valence-electron chi connectivity index (χ2n) is 7.56. The van der Waals surface area contributed by atoms with Gasteiger partial charge in [-0.25, -0.2) is 4.79 Å². The molecule has 0 aromatic carbocycles. The van der Waals surface area contributed by atoms with E-state index in [1.165, 1.54) is 0 Å². The van der Waals surface area contributed by atoms with Gasteiger partial charge in [0.05, 0.1) is 11.0 Å². The minimum atomic E-state index is -0.611. The summed E-state index contributed by atoms with van der Waals surface area (Å²) >= 11 is 0. The average molecular weight is 307 g/mol. The summed E-state index contributed by atoms with van der Waals surface area (Å²) in [5.41, 5.74) is 0.292. The van der Waals surface area contributed by atoms with Gasteiger partial charge in [0, 0.05) is 12.2 Å². The normalized spacial score (nSPS) is 21.1. The molecule has 1 fully saturated rings. The molecular formula is C18H29NO3. The van der Waals surface area contributed by atoms with Gasteiger partial charge >= 0.3 is 5.97 Å². The maximum absolute atomic E-state index is 13.0. The molecule has 1 heterocycles. The summed E-state index contributed by atoms with van der Waals surface area (Å²) in [6.45, 7) is 10.3. The van der Waals surface area contributed by atoms with Crippen molar-refractivity contribution in [3.05, 3.63) is 11.3 Å². The molecule has 124 valence electrons. The Morgan fingerprint density at radius 2 is 1.86 bits per heavy atom. The number of unbranched alkanes of at least 4 members (excludes halogenated alkanes) is 1. The van der Waals surface area contributed by atoms with Crippen molar-refractivity contribution in [3.63, 3.8) is 0 Å². The summed E-state index contributed by atoms with van der Waals surface area (Å²) < 4.78 is 5.60. The van der Waals surface area contributed by atoms with Crippen molar-refractivity contribution < 1.29 is 14.3 Å². The van der Waals surface area contributed by atoms with Crippen LogP contribution in [0.25, 0.3) is 0 Å². The average Bonchev–Trinajstić information content (AvgIpc) is 2.93. The summed E-state index contributed by atoms with van der Waals surface area (Å²) in [6, 6.07) is 0. The van der Waals surface area contributed by atoms with Gasteiger partial charge in [-0.2, -0.15) is 0 Å². The molecule has 2 aliphatic rings. The molecule has 1 saturated carbocycles. The van der Waals surface area contributed by atoms with Crippen LogP contribution in [0.2, 0.25) is 0 Å². The number of rotatable bonds is 4. The van der Waals surface area contributed by atoms with Gasteiger partial charge in [0.15, 0.2) is 0 Å². The third kappa shape index (κ3) is 2.92. The van der Waals surface area contributed by atoms with Gasteiger partial charge < -0.3 is 9.64 Å². The van der Waals surface area contributed by atoms with Gasteiger partial charge in [0.1, 0.15) is 5.60 Å². The SMILES string of the molecule is CCCCN1C(=O)C2(CCCC2)C(C(=O)OC(C)(C)C)=C1C. The van der Waals surface area contributed by atoms with Crippen molar-refractivity contribution >= 4 is 11.9 Å². The summed E-state index contributed by atoms with van der Waals surface area (Å²) in [4.78, 5) is 27.6. The lowest BCUT2D eigenvalue weighted by Crippen LogP contribution is -2.38. The first-order valence-electron chi connectivity index (χ1n) is 8.49. The topological polar surface area (TPSA) is 46.6 Å². The molecule has 0 saturated heterocycles. The molecule has 0 atom stereocenters. The van der Waals surface area contributed by atoms with Crippen molar-refractivity contribution in [1.82, 2.24) is 4.90 Å². The number of carbonyl (C=O) groups excluding carboxylic acids is 2. The number of ether oxygens (including phenoxy) is 1. The molecule has 0 aromatic heterocycles. The van der Waals surface area contributed by atoms with Crippen molar-refractivity contribution in [1.29, 1.82) is 0 Å². The summed E-state index contributed by atoms with van der Waals surface area (Å²) in [5.74, 6) is -0.184. The Labute approximate surface area is 133 Å². The third-order valence-corrected chi connectivity index (χ3v) is 4.70. The smallest absolute Gasteiger partial charge is 0.337 e. The van der Waals surface area contributed by atoms with E-state index >= 15 is 0 Å². The highest BCUT2D eigenvalue weighted by Gasteiger charge is 2.55. The zero-order valence-corrected chi connectivity index (χ0v) is 14.6. The highest BCUT2D eigenvalue weighted by Crippen LogP contribution is 2.52. The molecule has 2 rings (SSSR count). The zero-order valence-electron chi connectivity index (χ0n) is 14.6. The molecule has 0 unspecified atom stereocenters. The Hall–Kier alpha value is -1.32. The molecule has 22 heavy (non-hydrogen) atoms. The molecule has 4 heteroatoms. The van der Waals surface area contributed by atoms with E-state index in [0.717, 1.165) is 44.2 Å². The Morgan fingerprint density at radius 1 is 1.27 bits per heavy atom. The second kappa shape index (κ2) is 6.05. The van der Waals surface area contributed by atoms with E-state index in [4.69, 9.17) is 4.74 Å². The number of hydrogen-bond acceptors (Lipinski definition) is 3. The Kier molecular flexibility index (Phi) is 4.69. The van der Waals surface area contributed by atoms with Crippen LogP contribution < -0.4 is 0 Å². The maximum Gasteiger partial charge on any atom is 0.337 e. The van der Waals surface area contributed by atoms with Crippen LogP contribution in [-0.4, -0.2) is 28.9 Å². The van der Waals surface area contributed by atoms with Gasteiger partial charge in [0.2, 0.25) is 5.91 Å². The van der Waals surface area contributed by atoms with Crippen LogP contribution in [0.3, 0.4) is 0 Å². The van der Waals surface area contributed by atoms with Crippen molar-refractivity contribution in [2.24, 2.45) is 5.41 Å². The lowest BCUT2D eigenvalue weighted by atomic mass is 9.79. The molecule has 0 radical (unpaired) electrons. The van der Waals surface area contributed by atoms with Crippen LogP contribution in [0.4, 0.5) is 0 Å². The fourth-order valence-corrected chi connectivity index (χ4v) is 3.70. The second-order valence-corrected chi connectivity index (χ2v) is 7.56. The molecular weight excluding hydrogens is 278 g/mol. The number of nitrogens with zero attached hydrogens (tertiary/aromatic N) is 1. The largest absolute Gasteiger partial charge is 0.457 e. The fraction of sp³-hybridized carbons (Fsp3) is 0.778. The lowest BCUT2D eigenvalue weighted by Gasteiger charge is -2.27. The van der Waals surface area contributed by atoms with E-state index in [0.29, 0.717) is 12.1 Å². The first-order chi connectivity index (χ1) is 10.2. The third-order valence-electron chi connectivity index (χ3n) is 4.70. The van der Waals surface area contributed by atoms with Gasteiger partial charge in [-0.15, -0.1) is 0 Å². The zero-order chi connectivity index (χ0) is 16.5. The first-order valence-corrected chi connectivity index (χ1v) is 8.49. The quantitative estimate of drug-likeness (QED) is 0.742. The number of hydrogen-bond donors (Lipinski definition) is 0. The van der Waals surface area contributed by atoms with Gasteiger partial charge in [-0.05, 0) is 47.0 Å². The highest BCUT2D eigenvalue weighted by atomic mass is 16.6. The van der Waals surface area contributed by atoms with Crippen LogP contribution in [0.15, 0.2) is 11.3 Å². The van der Waals surface area contributed by atoms with E-state index in [2.05, 4.69) is 6.92 Å². The number of carbonyl (C=O) groups is 2. The molecule has 1 spiro atoms. The predicted molar refractivity (Wildman–Crippen MR) is 86.1 cm³/mol. The minimum absolute atomic E-state index is 0.122. The van der Waals surface area contributed by atoms with Crippen LogP contribution in [-0.2, 0) is 14.3 Å². The Morgan fingerprint density at radius 3 is 2.36 bits per heavy atom. The van der Waals surface area contributed by atoms with Crippen LogP contribution in [0, 0.1) is 5.41 Å². The number of allylic oxidation sites excluding steroid dienone is 1. The van der Waals surface area contributed by atoms with Crippen LogP contribution >= 0.6 is 0 Å². The van der Waals surface area contributed by atoms with E-state index in [9.17, 15) is 9.59 Å². The van der Waals surface area contributed by atoms with Gasteiger partial charge in [0.25, 0.3) is 0 Å². The van der Waals surface area contributed by atoms with E-state index in [1.807, 2.05) is 32.6 Å². The number of esters is 1. The fourth-order valence-electron chi connectivity index (χ4n) is 3.70. The van der Waals surface area contributed by atoms with Crippen LogP contribution in [0.1, 0.15) is 73.1 Å². The van der Waals surface area contributed by atoms with Crippen LogP contribution in [0.5, 0.6) is 0 Å². The van der Waals surface area contributed by atoms with Gasteiger partial charge in [-0.3, -0.25) is 4.79 Å². The molecule has 0 bridgehead atoms. The molecule has 1 aliphatic carbocycles. The molecule has 1 amide bonds. The van der Waals surface area contributed by atoms with Crippen molar-refractivity contribution in [3.8, 4) is 0 Å². The standard InChI is InChI=1S/C18H29NO3/c1-6-7-12-19-13(2)14(15(20)22-17(3,4)5)18(16(19)21)10-8-9-11-18/h6-12H2,1-5H3. The maximum atomic E-state index is 13.0. The van der Waals surface area contributed by atoms with Crippen molar-refractivity contribution in [2.75, 3.05) is 6.54 Å². The lowest BCUT2D eigenvalue weighted by molar-refractivity contribution is -0.152. The van der Waals surface area contributed by atoms with E-state index in [1.54, 1.807) is 0 Å². The first kappa shape index (κ1) is 17.0. The predicted octanol–water partition coefficient (Wildman–Crippen LogP) is 3.80. The molecule has 4 nitrogen and oxygen atoms in total. The Bertz CT molecular complexity index is 493. The molecule has 0 aromatic rings. The Balaban J connectivity index is 2.37. The van der Waals surface area contributed by atoms with Gasteiger partial charge in [-0.1, -0.05) is 26.2 Å². The minimum Gasteiger partial charge on any atom is -0.457 e. The monoisotopic (exact) mass is 307 g/mol. The van der Waals surface area contributed by atoms with Crippen molar-refractivity contribution in [2.45, 2.75) is 78.7 Å². The summed E-state index contributed by atoms with van der Waals surface area (Å²) in [6.07, 6.45) is 5.56. The van der Waals surface area contributed by atoms with E-state index < -0.39 is 11.0 Å². The summed E-state index contributed by atoms with van der Waals surface area (Å²) in [7, 11) is 0. The number of amides is 1. The highest BCUT2D eigenvalue weighted by molar-refractivity contribution is 6.05. The molecule has 1 aliphatic heterocycles. The van der Waals surface area contributed by atoms with E-state index in [-0.39, 0.29) is 11.9 Å².